The normalized spacial score (nSPS) is 11.3. The maximum Gasteiger partial charge on any atom is 0.211 e. The molecular weight excluding hydrogens is 317 g/mol. The SMILES string of the molecule is O=S(=O)(CCCc1ccccc1)NCCOc1ccc(F)cc1. The predicted octanol–water partition coefficient (Wildman–Crippen LogP) is 2.76. The van der Waals surface area contributed by atoms with E-state index in [0.29, 0.717) is 12.2 Å². The number of halogens is 1. The zero-order chi connectivity index (χ0) is 16.5. The van der Waals surface area contributed by atoms with Crippen molar-refractivity contribution in [2.75, 3.05) is 18.9 Å². The molecule has 0 aliphatic carbocycles. The molecule has 0 atom stereocenters. The van der Waals surface area contributed by atoms with Crippen LogP contribution in [0.1, 0.15) is 12.0 Å². The van der Waals surface area contributed by atoms with Crippen LogP contribution in [0.3, 0.4) is 0 Å². The predicted molar refractivity (Wildman–Crippen MR) is 88.4 cm³/mol. The van der Waals surface area contributed by atoms with E-state index >= 15 is 0 Å². The Kier molecular flexibility index (Phi) is 6.55. The highest BCUT2D eigenvalue weighted by Gasteiger charge is 2.09. The molecule has 0 aromatic heterocycles. The molecule has 2 aromatic carbocycles. The third kappa shape index (κ3) is 6.80. The van der Waals surface area contributed by atoms with Gasteiger partial charge in [-0.2, -0.15) is 0 Å². The van der Waals surface area contributed by atoms with E-state index < -0.39 is 10.0 Å². The third-order valence-electron chi connectivity index (χ3n) is 3.23. The lowest BCUT2D eigenvalue weighted by Gasteiger charge is -2.08. The van der Waals surface area contributed by atoms with Gasteiger partial charge >= 0.3 is 0 Å². The largest absolute Gasteiger partial charge is 0.492 e. The second-order valence-electron chi connectivity index (χ2n) is 5.10. The Morgan fingerprint density at radius 3 is 2.39 bits per heavy atom. The Morgan fingerprint density at radius 1 is 1.00 bits per heavy atom. The van der Waals surface area contributed by atoms with Crippen molar-refractivity contribution in [1.82, 2.24) is 4.72 Å². The number of aryl methyl sites for hydroxylation is 1. The smallest absolute Gasteiger partial charge is 0.211 e. The molecule has 2 rings (SSSR count). The molecule has 124 valence electrons. The summed E-state index contributed by atoms with van der Waals surface area (Å²) in [6.07, 6.45) is 1.30. The highest BCUT2D eigenvalue weighted by molar-refractivity contribution is 7.89. The van der Waals surface area contributed by atoms with Gasteiger partial charge in [-0.05, 0) is 42.7 Å². The fourth-order valence-corrected chi connectivity index (χ4v) is 3.14. The van der Waals surface area contributed by atoms with Crippen LogP contribution in [-0.4, -0.2) is 27.3 Å². The molecule has 0 radical (unpaired) electrons. The van der Waals surface area contributed by atoms with Crippen molar-refractivity contribution in [3.8, 4) is 5.75 Å². The summed E-state index contributed by atoms with van der Waals surface area (Å²) < 4.78 is 44.3. The first-order valence-corrected chi connectivity index (χ1v) is 9.10. The van der Waals surface area contributed by atoms with Crippen LogP contribution in [0.15, 0.2) is 54.6 Å². The molecule has 0 heterocycles. The van der Waals surface area contributed by atoms with Gasteiger partial charge in [-0.3, -0.25) is 0 Å². The topological polar surface area (TPSA) is 55.4 Å². The molecule has 0 bridgehead atoms. The molecule has 0 unspecified atom stereocenters. The molecule has 1 N–H and O–H groups in total. The molecule has 0 saturated carbocycles. The van der Waals surface area contributed by atoms with Gasteiger partial charge in [0.05, 0.1) is 5.75 Å². The lowest BCUT2D eigenvalue weighted by Crippen LogP contribution is -2.30. The summed E-state index contributed by atoms with van der Waals surface area (Å²) in [6, 6.07) is 15.4. The lowest BCUT2D eigenvalue weighted by molar-refractivity contribution is 0.322. The van der Waals surface area contributed by atoms with Crippen molar-refractivity contribution in [1.29, 1.82) is 0 Å². The first-order chi connectivity index (χ1) is 11.1. The molecular formula is C17H20FNO3S. The number of rotatable bonds is 9. The van der Waals surface area contributed by atoms with Crippen molar-refractivity contribution < 1.29 is 17.5 Å². The Hall–Kier alpha value is -1.92. The Morgan fingerprint density at radius 2 is 1.70 bits per heavy atom. The van der Waals surface area contributed by atoms with E-state index in [1.807, 2.05) is 30.3 Å². The number of hydrogen-bond donors (Lipinski definition) is 1. The highest BCUT2D eigenvalue weighted by Crippen LogP contribution is 2.10. The molecule has 0 amide bonds. The lowest BCUT2D eigenvalue weighted by atomic mass is 10.1. The van der Waals surface area contributed by atoms with Gasteiger partial charge in [-0.1, -0.05) is 30.3 Å². The summed E-state index contributed by atoms with van der Waals surface area (Å²) in [6.45, 7) is 0.384. The van der Waals surface area contributed by atoms with E-state index in [9.17, 15) is 12.8 Å². The van der Waals surface area contributed by atoms with Crippen LogP contribution in [0.5, 0.6) is 5.75 Å². The number of ether oxygens (including phenoxy) is 1. The van der Waals surface area contributed by atoms with Crippen LogP contribution < -0.4 is 9.46 Å². The summed E-state index contributed by atoms with van der Waals surface area (Å²) in [5.74, 6) is 0.254. The maximum absolute atomic E-state index is 12.7. The Labute approximate surface area is 136 Å². The second-order valence-corrected chi connectivity index (χ2v) is 7.03. The van der Waals surface area contributed by atoms with Gasteiger partial charge in [-0.15, -0.1) is 0 Å². The molecule has 0 fully saturated rings. The van der Waals surface area contributed by atoms with Crippen molar-refractivity contribution in [3.05, 3.63) is 66.0 Å². The Balaban J connectivity index is 1.64. The fourth-order valence-electron chi connectivity index (χ4n) is 2.08. The van der Waals surface area contributed by atoms with Crippen molar-refractivity contribution in [3.63, 3.8) is 0 Å². The molecule has 0 saturated heterocycles. The summed E-state index contributed by atoms with van der Waals surface area (Å²) >= 11 is 0. The summed E-state index contributed by atoms with van der Waals surface area (Å²) in [7, 11) is -3.30. The number of nitrogens with one attached hydrogen (secondary N) is 1. The van der Waals surface area contributed by atoms with E-state index in [4.69, 9.17) is 4.74 Å². The molecule has 0 spiro atoms. The van der Waals surface area contributed by atoms with Gasteiger partial charge in [0.1, 0.15) is 18.2 Å². The quantitative estimate of drug-likeness (QED) is 0.716. The van der Waals surface area contributed by atoms with Crippen LogP contribution in [0.4, 0.5) is 4.39 Å². The van der Waals surface area contributed by atoms with Gasteiger partial charge in [-0.25, -0.2) is 17.5 Å². The average Bonchev–Trinajstić information content (AvgIpc) is 2.54. The minimum atomic E-state index is -3.30. The van der Waals surface area contributed by atoms with E-state index in [1.54, 1.807) is 0 Å². The second kappa shape index (κ2) is 8.64. The zero-order valence-corrected chi connectivity index (χ0v) is 13.6. The maximum atomic E-state index is 12.7. The van der Waals surface area contributed by atoms with Crippen molar-refractivity contribution >= 4 is 10.0 Å². The molecule has 0 aliphatic rings. The van der Waals surface area contributed by atoms with Gasteiger partial charge < -0.3 is 4.74 Å². The first-order valence-electron chi connectivity index (χ1n) is 7.45. The fraction of sp³-hybridized carbons (Fsp3) is 0.294. The van der Waals surface area contributed by atoms with Gasteiger partial charge in [0.25, 0.3) is 0 Å². The zero-order valence-electron chi connectivity index (χ0n) is 12.7. The molecule has 6 heteroatoms. The minimum absolute atomic E-state index is 0.0818. The van der Waals surface area contributed by atoms with Crippen molar-refractivity contribution in [2.24, 2.45) is 0 Å². The van der Waals surface area contributed by atoms with E-state index in [1.165, 1.54) is 24.3 Å². The standard InChI is InChI=1S/C17H20FNO3S/c18-16-8-10-17(11-9-16)22-13-12-19-23(20,21)14-4-7-15-5-2-1-3-6-15/h1-3,5-6,8-11,19H,4,7,12-14H2. The summed E-state index contributed by atoms with van der Waals surface area (Å²) in [5.41, 5.74) is 1.13. The highest BCUT2D eigenvalue weighted by atomic mass is 32.2. The van der Waals surface area contributed by atoms with Crippen LogP contribution in [0.25, 0.3) is 0 Å². The van der Waals surface area contributed by atoms with E-state index in [-0.39, 0.29) is 24.7 Å². The van der Waals surface area contributed by atoms with Gasteiger partial charge in [0.2, 0.25) is 10.0 Å². The van der Waals surface area contributed by atoms with Gasteiger partial charge in [0.15, 0.2) is 0 Å². The van der Waals surface area contributed by atoms with E-state index in [2.05, 4.69) is 4.72 Å². The average molecular weight is 337 g/mol. The minimum Gasteiger partial charge on any atom is -0.492 e. The van der Waals surface area contributed by atoms with E-state index in [0.717, 1.165) is 12.0 Å². The molecule has 4 nitrogen and oxygen atoms in total. The third-order valence-corrected chi connectivity index (χ3v) is 4.70. The summed E-state index contributed by atoms with van der Waals surface area (Å²) in [4.78, 5) is 0. The monoisotopic (exact) mass is 337 g/mol. The summed E-state index contributed by atoms with van der Waals surface area (Å²) in [5, 5.41) is 0. The van der Waals surface area contributed by atoms with Crippen molar-refractivity contribution in [2.45, 2.75) is 12.8 Å². The van der Waals surface area contributed by atoms with Crippen LogP contribution >= 0.6 is 0 Å². The van der Waals surface area contributed by atoms with Crippen LogP contribution in [-0.2, 0) is 16.4 Å². The number of sulfonamides is 1. The number of hydrogen-bond acceptors (Lipinski definition) is 3. The number of benzene rings is 2. The molecule has 23 heavy (non-hydrogen) atoms. The molecule has 2 aromatic rings. The van der Waals surface area contributed by atoms with Gasteiger partial charge in [0, 0.05) is 6.54 Å². The molecule has 0 aliphatic heterocycles. The Bertz CT molecular complexity index is 688. The van der Waals surface area contributed by atoms with Crippen LogP contribution in [0.2, 0.25) is 0 Å². The van der Waals surface area contributed by atoms with Crippen LogP contribution in [0, 0.1) is 5.82 Å². The first kappa shape index (κ1) is 17.4.